The average molecular weight is 283 g/mol. The van der Waals surface area contributed by atoms with Crippen LogP contribution in [0.1, 0.15) is 24.2 Å². The van der Waals surface area contributed by atoms with E-state index in [-0.39, 0.29) is 11.8 Å². The van der Waals surface area contributed by atoms with Crippen molar-refractivity contribution in [2.75, 3.05) is 16.8 Å². The number of ketones is 1. The number of amides is 2. The van der Waals surface area contributed by atoms with Crippen LogP contribution in [0.4, 0.5) is 16.2 Å². The number of hydrogen-bond acceptors (Lipinski definition) is 3. The van der Waals surface area contributed by atoms with Gasteiger partial charge in [-0.05, 0) is 50.2 Å². The Morgan fingerprint density at radius 1 is 1.10 bits per heavy atom. The maximum atomic E-state index is 12.3. The second kappa shape index (κ2) is 6.65. The summed E-state index contributed by atoms with van der Waals surface area (Å²) in [6.07, 6.45) is 3.29. The molecule has 0 atom stereocenters. The Kier molecular flexibility index (Phi) is 4.66. The first-order valence-electron chi connectivity index (χ1n) is 6.71. The van der Waals surface area contributed by atoms with Gasteiger partial charge in [0.2, 0.25) is 0 Å². The number of carbonyl (C=O) groups is 2. The average Bonchev–Trinajstić information content (AvgIpc) is 2.49. The van der Waals surface area contributed by atoms with Gasteiger partial charge in [-0.15, -0.1) is 0 Å². The molecule has 5 nitrogen and oxygen atoms in total. The summed E-state index contributed by atoms with van der Waals surface area (Å²) in [4.78, 5) is 29.1. The molecule has 0 radical (unpaired) electrons. The molecule has 0 fully saturated rings. The molecule has 1 aromatic carbocycles. The van der Waals surface area contributed by atoms with Crippen molar-refractivity contribution in [1.82, 2.24) is 4.98 Å². The molecule has 0 spiro atoms. The Labute approximate surface area is 123 Å². The maximum absolute atomic E-state index is 12.3. The molecular weight excluding hydrogens is 266 g/mol. The fraction of sp³-hybridized carbons (Fsp3) is 0.188. The van der Waals surface area contributed by atoms with Crippen LogP contribution >= 0.6 is 0 Å². The van der Waals surface area contributed by atoms with Crippen molar-refractivity contribution in [2.24, 2.45) is 0 Å². The van der Waals surface area contributed by atoms with Gasteiger partial charge in [-0.2, -0.15) is 0 Å². The van der Waals surface area contributed by atoms with Gasteiger partial charge in [0, 0.05) is 35.9 Å². The summed E-state index contributed by atoms with van der Waals surface area (Å²) < 4.78 is 0. The van der Waals surface area contributed by atoms with E-state index in [4.69, 9.17) is 0 Å². The number of hydrogen-bond donors (Lipinski definition) is 1. The first kappa shape index (κ1) is 14.7. The number of benzene rings is 1. The van der Waals surface area contributed by atoms with Crippen molar-refractivity contribution in [3.05, 3.63) is 54.4 Å². The number of anilines is 2. The number of nitrogens with one attached hydrogen (secondary N) is 1. The highest BCUT2D eigenvalue weighted by Gasteiger charge is 2.13. The lowest BCUT2D eigenvalue weighted by Gasteiger charge is -2.21. The van der Waals surface area contributed by atoms with Crippen LogP contribution in [-0.4, -0.2) is 23.3 Å². The van der Waals surface area contributed by atoms with Gasteiger partial charge in [-0.3, -0.25) is 14.7 Å². The summed E-state index contributed by atoms with van der Waals surface area (Å²) in [7, 11) is 0. The molecule has 1 aromatic heterocycles. The number of pyridine rings is 1. The van der Waals surface area contributed by atoms with Crippen LogP contribution in [-0.2, 0) is 0 Å². The van der Waals surface area contributed by atoms with Crippen LogP contribution in [0.15, 0.2) is 48.8 Å². The highest BCUT2D eigenvalue weighted by molar-refractivity contribution is 6.02. The van der Waals surface area contributed by atoms with Crippen molar-refractivity contribution >= 4 is 23.2 Å². The van der Waals surface area contributed by atoms with Crippen LogP contribution < -0.4 is 10.2 Å². The Hall–Kier alpha value is -2.69. The van der Waals surface area contributed by atoms with Crippen LogP contribution in [0.2, 0.25) is 0 Å². The summed E-state index contributed by atoms with van der Waals surface area (Å²) in [6, 6.07) is 10.2. The molecule has 1 N–H and O–H groups in total. The Morgan fingerprint density at radius 2 is 1.71 bits per heavy atom. The molecule has 108 valence electrons. The summed E-state index contributed by atoms with van der Waals surface area (Å²) in [5.74, 6) is -0.000142. The van der Waals surface area contributed by atoms with Gasteiger partial charge in [0.05, 0.1) is 0 Å². The lowest BCUT2D eigenvalue weighted by Crippen LogP contribution is -2.34. The Morgan fingerprint density at radius 3 is 2.24 bits per heavy atom. The topological polar surface area (TPSA) is 62.3 Å². The molecule has 0 aliphatic carbocycles. The zero-order valence-electron chi connectivity index (χ0n) is 12.0. The van der Waals surface area contributed by atoms with E-state index in [1.54, 1.807) is 53.7 Å². The van der Waals surface area contributed by atoms with Crippen molar-refractivity contribution in [3.63, 3.8) is 0 Å². The van der Waals surface area contributed by atoms with Crippen molar-refractivity contribution in [1.29, 1.82) is 0 Å². The van der Waals surface area contributed by atoms with E-state index in [1.807, 2.05) is 6.92 Å². The summed E-state index contributed by atoms with van der Waals surface area (Å²) in [5, 5.41) is 2.81. The van der Waals surface area contributed by atoms with Crippen molar-refractivity contribution < 1.29 is 9.59 Å². The predicted octanol–water partition coefficient (Wildman–Crippen LogP) is 3.34. The van der Waals surface area contributed by atoms with Gasteiger partial charge in [0.25, 0.3) is 0 Å². The minimum absolute atomic E-state index is 0.000142. The lowest BCUT2D eigenvalue weighted by molar-refractivity contribution is 0.101. The minimum atomic E-state index is -0.223. The molecule has 0 saturated heterocycles. The second-order valence-corrected chi connectivity index (χ2v) is 4.51. The fourth-order valence-electron chi connectivity index (χ4n) is 1.95. The van der Waals surface area contributed by atoms with Crippen LogP contribution in [0.5, 0.6) is 0 Å². The highest BCUT2D eigenvalue weighted by Crippen LogP contribution is 2.15. The van der Waals surface area contributed by atoms with E-state index in [9.17, 15) is 9.59 Å². The molecule has 0 bridgehead atoms. The fourth-order valence-corrected chi connectivity index (χ4v) is 1.95. The van der Waals surface area contributed by atoms with Gasteiger partial charge in [0.1, 0.15) is 0 Å². The molecule has 21 heavy (non-hydrogen) atoms. The largest absolute Gasteiger partial charge is 0.326 e. The van der Waals surface area contributed by atoms with E-state index in [1.165, 1.54) is 6.92 Å². The van der Waals surface area contributed by atoms with Gasteiger partial charge in [0.15, 0.2) is 5.78 Å². The first-order chi connectivity index (χ1) is 10.1. The van der Waals surface area contributed by atoms with Crippen molar-refractivity contribution in [2.45, 2.75) is 13.8 Å². The molecule has 2 rings (SSSR count). The Bertz CT molecular complexity index is 624. The second-order valence-electron chi connectivity index (χ2n) is 4.51. The zero-order chi connectivity index (χ0) is 15.2. The summed E-state index contributed by atoms with van der Waals surface area (Å²) >= 11 is 0. The van der Waals surface area contributed by atoms with Gasteiger partial charge < -0.3 is 5.32 Å². The van der Waals surface area contributed by atoms with Gasteiger partial charge >= 0.3 is 6.03 Å². The number of nitrogens with zero attached hydrogens (tertiary/aromatic N) is 2. The van der Waals surface area contributed by atoms with E-state index >= 15 is 0 Å². The summed E-state index contributed by atoms with van der Waals surface area (Å²) in [6.45, 7) is 3.95. The summed E-state index contributed by atoms with van der Waals surface area (Å²) in [5.41, 5.74) is 2.05. The number of urea groups is 1. The molecule has 0 saturated carbocycles. The molecule has 0 unspecified atom stereocenters. The maximum Gasteiger partial charge on any atom is 0.326 e. The molecule has 2 aromatic rings. The van der Waals surface area contributed by atoms with Crippen LogP contribution in [0.25, 0.3) is 0 Å². The van der Waals surface area contributed by atoms with Crippen LogP contribution in [0.3, 0.4) is 0 Å². The quantitative estimate of drug-likeness (QED) is 0.875. The van der Waals surface area contributed by atoms with Crippen molar-refractivity contribution in [3.8, 4) is 0 Å². The van der Waals surface area contributed by atoms with E-state index in [0.29, 0.717) is 17.8 Å². The normalized spacial score (nSPS) is 10.0. The minimum Gasteiger partial charge on any atom is -0.308 e. The van der Waals surface area contributed by atoms with Crippen LogP contribution in [0, 0.1) is 0 Å². The zero-order valence-corrected chi connectivity index (χ0v) is 12.0. The molecule has 5 heteroatoms. The highest BCUT2D eigenvalue weighted by atomic mass is 16.2. The van der Waals surface area contributed by atoms with Gasteiger partial charge in [-0.25, -0.2) is 4.79 Å². The number of Topliss-reactive ketones (excluding diaryl/α,β-unsaturated/α-hetero) is 1. The molecule has 2 amide bonds. The first-order valence-corrected chi connectivity index (χ1v) is 6.71. The molecule has 1 heterocycles. The molecule has 0 aliphatic rings. The molecule has 0 aliphatic heterocycles. The van der Waals surface area contributed by atoms with Gasteiger partial charge in [-0.1, -0.05) is 0 Å². The molecular formula is C16H17N3O2. The number of rotatable bonds is 4. The lowest BCUT2D eigenvalue weighted by atomic mass is 10.1. The number of aromatic nitrogens is 1. The third-order valence-electron chi connectivity index (χ3n) is 3.08. The third kappa shape index (κ3) is 3.66. The van der Waals surface area contributed by atoms with E-state index in [2.05, 4.69) is 10.3 Å². The number of carbonyl (C=O) groups excluding carboxylic acids is 2. The third-order valence-corrected chi connectivity index (χ3v) is 3.08. The smallest absolute Gasteiger partial charge is 0.308 e. The predicted molar refractivity (Wildman–Crippen MR) is 82.7 cm³/mol. The standard InChI is InChI=1S/C16H17N3O2/c1-3-19(15-8-10-17-11-9-15)16(21)18-14-6-4-13(5-7-14)12(2)20/h4-11H,3H2,1-2H3,(H,18,21). The Balaban J connectivity index is 2.11. The van der Waals surface area contributed by atoms with E-state index in [0.717, 1.165) is 5.69 Å². The van der Waals surface area contributed by atoms with E-state index < -0.39 is 0 Å². The SMILES string of the molecule is CCN(C(=O)Nc1ccc(C(C)=O)cc1)c1ccncc1. The monoisotopic (exact) mass is 283 g/mol.